The molecule has 0 saturated carbocycles. The third-order valence-electron chi connectivity index (χ3n) is 8.27. The molecule has 2 heteroatoms. The van der Waals surface area contributed by atoms with Gasteiger partial charge in [-0.1, -0.05) is 121 Å². The molecule has 7 aromatic carbocycles. The van der Waals surface area contributed by atoms with Crippen LogP contribution >= 0.6 is 0 Å². The Balaban J connectivity index is 1.25. The molecular weight excluding hydrogens is 534 g/mol. The van der Waals surface area contributed by atoms with E-state index in [1.54, 1.807) is 0 Å². The molecule has 0 N–H and O–H groups in total. The Morgan fingerprint density at radius 2 is 0.818 bits per heavy atom. The molecule has 0 spiro atoms. The second-order valence-electron chi connectivity index (χ2n) is 11.0. The Labute approximate surface area is 257 Å². The molecule has 0 unspecified atom stereocenters. The van der Waals surface area contributed by atoms with Crippen molar-refractivity contribution in [3.05, 3.63) is 176 Å². The quantitative estimate of drug-likeness (QED) is 0.200. The summed E-state index contributed by atoms with van der Waals surface area (Å²) in [5.74, 6) is 0. The SMILES string of the molecule is c1ccc(-c2ccc(-c3cc(-c4ccc(N(c5ccccc5)c5ccccc5)cc4)c4oc5ccccc5c4c3)cc2)cc1. The maximum absolute atomic E-state index is 6.51. The van der Waals surface area contributed by atoms with Crippen molar-refractivity contribution < 1.29 is 4.42 Å². The highest BCUT2D eigenvalue weighted by Crippen LogP contribution is 2.41. The van der Waals surface area contributed by atoms with Crippen LogP contribution in [0.2, 0.25) is 0 Å². The summed E-state index contributed by atoms with van der Waals surface area (Å²) in [6.07, 6.45) is 0. The van der Waals surface area contributed by atoms with Gasteiger partial charge in [-0.25, -0.2) is 0 Å². The molecule has 0 bridgehead atoms. The average Bonchev–Trinajstić information content (AvgIpc) is 3.49. The van der Waals surface area contributed by atoms with Gasteiger partial charge in [0, 0.05) is 33.4 Å². The van der Waals surface area contributed by atoms with E-state index in [0.717, 1.165) is 55.7 Å². The molecule has 0 aliphatic carbocycles. The zero-order chi connectivity index (χ0) is 29.3. The van der Waals surface area contributed by atoms with E-state index in [0.29, 0.717) is 0 Å². The second kappa shape index (κ2) is 11.1. The lowest BCUT2D eigenvalue weighted by Gasteiger charge is -2.25. The van der Waals surface area contributed by atoms with Gasteiger partial charge in [-0.15, -0.1) is 0 Å². The molecule has 0 amide bonds. The van der Waals surface area contributed by atoms with Gasteiger partial charge in [0.1, 0.15) is 11.2 Å². The van der Waals surface area contributed by atoms with Gasteiger partial charge in [0.15, 0.2) is 0 Å². The maximum atomic E-state index is 6.51. The highest BCUT2D eigenvalue weighted by Gasteiger charge is 2.17. The summed E-state index contributed by atoms with van der Waals surface area (Å²) in [6.45, 7) is 0. The number of rotatable bonds is 6. The summed E-state index contributed by atoms with van der Waals surface area (Å²) in [7, 11) is 0. The molecule has 2 nitrogen and oxygen atoms in total. The van der Waals surface area contributed by atoms with Crippen molar-refractivity contribution in [1.29, 1.82) is 0 Å². The van der Waals surface area contributed by atoms with Gasteiger partial charge in [0.2, 0.25) is 0 Å². The monoisotopic (exact) mass is 563 g/mol. The van der Waals surface area contributed by atoms with E-state index < -0.39 is 0 Å². The predicted octanol–water partition coefficient (Wildman–Crippen LogP) is 12.1. The summed E-state index contributed by atoms with van der Waals surface area (Å²) in [5, 5.41) is 2.25. The largest absolute Gasteiger partial charge is 0.455 e. The Hall–Kier alpha value is -5.86. The molecule has 0 aliphatic rings. The number of furan rings is 1. The van der Waals surface area contributed by atoms with Crippen LogP contribution in [0.1, 0.15) is 0 Å². The fourth-order valence-corrected chi connectivity index (χ4v) is 6.09. The minimum atomic E-state index is 0.899. The van der Waals surface area contributed by atoms with E-state index >= 15 is 0 Å². The van der Waals surface area contributed by atoms with Crippen molar-refractivity contribution in [3.8, 4) is 33.4 Å². The molecular formula is C42H29NO. The van der Waals surface area contributed by atoms with Crippen molar-refractivity contribution in [1.82, 2.24) is 0 Å². The first-order valence-corrected chi connectivity index (χ1v) is 14.9. The summed E-state index contributed by atoms with van der Waals surface area (Å²) < 4.78 is 6.51. The Bertz CT molecular complexity index is 2140. The number of hydrogen-bond donors (Lipinski definition) is 0. The molecule has 1 heterocycles. The summed E-state index contributed by atoms with van der Waals surface area (Å²) in [5.41, 5.74) is 12.1. The summed E-state index contributed by atoms with van der Waals surface area (Å²) in [6, 6.07) is 62.0. The first-order chi connectivity index (χ1) is 21.8. The van der Waals surface area contributed by atoms with Gasteiger partial charge in [-0.2, -0.15) is 0 Å². The van der Waals surface area contributed by atoms with Gasteiger partial charge >= 0.3 is 0 Å². The van der Waals surface area contributed by atoms with Gasteiger partial charge in [0.05, 0.1) is 0 Å². The van der Waals surface area contributed by atoms with E-state index in [2.05, 4.69) is 169 Å². The first kappa shape index (κ1) is 25.8. The lowest BCUT2D eigenvalue weighted by atomic mass is 9.94. The molecule has 8 rings (SSSR count). The smallest absolute Gasteiger partial charge is 0.143 e. The van der Waals surface area contributed by atoms with Crippen LogP contribution in [0.5, 0.6) is 0 Å². The second-order valence-corrected chi connectivity index (χ2v) is 11.0. The molecule has 0 radical (unpaired) electrons. The van der Waals surface area contributed by atoms with Crippen molar-refractivity contribution >= 4 is 39.0 Å². The molecule has 0 atom stereocenters. The van der Waals surface area contributed by atoms with E-state index in [4.69, 9.17) is 4.42 Å². The number of nitrogens with zero attached hydrogens (tertiary/aromatic N) is 1. The highest BCUT2D eigenvalue weighted by molar-refractivity contribution is 6.11. The molecule has 0 aliphatic heterocycles. The predicted molar refractivity (Wildman–Crippen MR) is 185 cm³/mol. The number of para-hydroxylation sites is 3. The first-order valence-electron chi connectivity index (χ1n) is 14.9. The molecule has 0 fully saturated rings. The Morgan fingerprint density at radius 1 is 0.341 bits per heavy atom. The van der Waals surface area contributed by atoms with Gasteiger partial charge in [0.25, 0.3) is 0 Å². The topological polar surface area (TPSA) is 16.4 Å². The van der Waals surface area contributed by atoms with E-state index in [1.165, 1.54) is 16.7 Å². The zero-order valence-corrected chi connectivity index (χ0v) is 24.1. The normalized spacial score (nSPS) is 11.2. The summed E-state index contributed by atoms with van der Waals surface area (Å²) >= 11 is 0. The Morgan fingerprint density at radius 3 is 1.45 bits per heavy atom. The zero-order valence-electron chi connectivity index (χ0n) is 24.1. The van der Waals surface area contributed by atoms with Crippen molar-refractivity contribution in [2.24, 2.45) is 0 Å². The van der Waals surface area contributed by atoms with Crippen LogP contribution < -0.4 is 4.90 Å². The van der Waals surface area contributed by atoms with E-state index in [-0.39, 0.29) is 0 Å². The van der Waals surface area contributed by atoms with Crippen LogP contribution in [-0.2, 0) is 0 Å². The lowest BCUT2D eigenvalue weighted by Crippen LogP contribution is -2.09. The van der Waals surface area contributed by atoms with Crippen molar-refractivity contribution in [3.63, 3.8) is 0 Å². The van der Waals surface area contributed by atoms with Crippen LogP contribution in [-0.4, -0.2) is 0 Å². The molecule has 44 heavy (non-hydrogen) atoms. The van der Waals surface area contributed by atoms with E-state index in [1.807, 2.05) is 12.1 Å². The van der Waals surface area contributed by atoms with Crippen LogP contribution in [0, 0.1) is 0 Å². The minimum Gasteiger partial charge on any atom is -0.455 e. The minimum absolute atomic E-state index is 0.899. The number of anilines is 3. The maximum Gasteiger partial charge on any atom is 0.143 e. The van der Waals surface area contributed by atoms with Crippen molar-refractivity contribution in [2.45, 2.75) is 0 Å². The molecule has 8 aromatic rings. The highest BCUT2D eigenvalue weighted by atomic mass is 16.3. The number of benzene rings is 7. The molecule has 1 aromatic heterocycles. The van der Waals surface area contributed by atoms with Crippen LogP contribution in [0.25, 0.3) is 55.3 Å². The Kier molecular flexibility index (Phi) is 6.51. The van der Waals surface area contributed by atoms with Crippen LogP contribution in [0.15, 0.2) is 180 Å². The fourth-order valence-electron chi connectivity index (χ4n) is 6.09. The van der Waals surface area contributed by atoms with Gasteiger partial charge in [-0.05, 0) is 82.4 Å². The summed E-state index contributed by atoms with van der Waals surface area (Å²) in [4.78, 5) is 2.28. The van der Waals surface area contributed by atoms with Crippen LogP contribution in [0.4, 0.5) is 17.1 Å². The average molecular weight is 564 g/mol. The third-order valence-corrected chi connectivity index (χ3v) is 8.27. The molecule has 208 valence electrons. The third kappa shape index (κ3) is 4.73. The van der Waals surface area contributed by atoms with Crippen LogP contribution in [0.3, 0.4) is 0 Å². The van der Waals surface area contributed by atoms with Crippen molar-refractivity contribution in [2.75, 3.05) is 4.90 Å². The lowest BCUT2D eigenvalue weighted by molar-refractivity contribution is 0.670. The van der Waals surface area contributed by atoms with Gasteiger partial charge < -0.3 is 9.32 Å². The van der Waals surface area contributed by atoms with E-state index in [9.17, 15) is 0 Å². The van der Waals surface area contributed by atoms with Gasteiger partial charge in [-0.3, -0.25) is 0 Å². The molecule has 0 saturated heterocycles. The fraction of sp³-hybridized carbons (Fsp3) is 0. The number of fused-ring (bicyclic) bond motifs is 3. The standard InChI is InChI=1S/C42H29NO/c1-4-12-30(13-5-1)31-20-22-32(23-21-31)34-28-39(42-40(29-34)38-18-10-11-19-41(38)44-42)33-24-26-37(27-25-33)43(35-14-6-2-7-15-35)36-16-8-3-9-17-36/h1-29H. The number of hydrogen-bond acceptors (Lipinski definition) is 2.